The summed E-state index contributed by atoms with van der Waals surface area (Å²) >= 11 is 0. The highest BCUT2D eigenvalue weighted by atomic mass is 16.4. The molecule has 0 N–H and O–H groups in total. The lowest BCUT2D eigenvalue weighted by Gasteiger charge is -2.34. The van der Waals surface area contributed by atoms with Crippen molar-refractivity contribution in [3.63, 3.8) is 0 Å². The number of hydrogen-bond acceptors (Lipinski definition) is 4. The maximum atomic E-state index is 6.30. The van der Waals surface area contributed by atoms with Gasteiger partial charge in [0.15, 0.2) is 11.2 Å². The van der Waals surface area contributed by atoms with Crippen LogP contribution in [0.3, 0.4) is 0 Å². The quantitative estimate of drug-likeness (QED) is 0.170. The molecule has 0 spiro atoms. The molecule has 0 bridgehead atoms. The summed E-state index contributed by atoms with van der Waals surface area (Å²) in [4.78, 5) is 9.74. The minimum Gasteiger partial charge on any atom is -0.436 e. The Labute approximate surface area is 340 Å². The molecule has 1 aliphatic rings. The average molecular weight is 755 g/mol. The number of para-hydroxylation sites is 4. The Balaban J connectivity index is 1.04. The van der Waals surface area contributed by atoms with Crippen molar-refractivity contribution in [3.8, 4) is 56.3 Å². The smallest absolute Gasteiger partial charge is 0.227 e. The first kappa shape index (κ1) is 33.3. The van der Waals surface area contributed by atoms with Gasteiger partial charge in [0.2, 0.25) is 11.8 Å². The van der Waals surface area contributed by atoms with E-state index in [1.807, 2.05) is 48.5 Å². The Kier molecular flexibility index (Phi) is 7.41. The van der Waals surface area contributed by atoms with Gasteiger partial charge in [0.05, 0.1) is 5.41 Å². The number of nitrogens with zero attached hydrogens (tertiary/aromatic N) is 2. The number of aromatic nitrogens is 2. The highest BCUT2D eigenvalue weighted by molar-refractivity contribution is 5.97. The fourth-order valence-electron chi connectivity index (χ4n) is 9.27. The van der Waals surface area contributed by atoms with Crippen LogP contribution in [0.4, 0.5) is 0 Å². The maximum absolute atomic E-state index is 6.30. The van der Waals surface area contributed by atoms with Gasteiger partial charge in [0, 0.05) is 11.1 Å². The zero-order chi connectivity index (χ0) is 38.9. The van der Waals surface area contributed by atoms with Crippen LogP contribution in [0.25, 0.3) is 89.3 Å². The van der Waals surface area contributed by atoms with Crippen LogP contribution < -0.4 is 0 Å². The van der Waals surface area contributed by atoms with Gasteiger partial charge < -0.3 is 8.83 Å². The molecule has 0 saturated carbocycles. The second-order valence-electron chi connectivity index (χ2n) is 15.3. The zero-order valence-electron chi connectivity index (χ0n) is 31.8. The van der Waals surface area contributed by atoms with Crippen molar-refractivity contribution >= 4 is 33.0 Å². The van der Waals surface area contributed by atoms with Crippen LogP contribution >= 0.6 is 0 Å². The number of benzene rings is 9. The summed E-state index contributed by atoms with van der Waals surface area (Å²) < 4.78 is 12.6. The number of rotatable bonds is 6. The van der Waals surface area contributed by atoms with Crippen LogP contribution in [0, 0.1) is 0 Å². The van der Waals surface area contributed by atoms with Crippen LogP contribution in [-0.4, -0.2) is 9.97 Å². The second-order valence-corrected chi connectivity index (χ2v) is 15.3. The van der Waals surface area contributed by atoms with E-state index in [0.29, 0.717) is 11.8 Å². The average Bonchev–Trinajstić information content (AvgIpc) is 4.02. The SMILES string of the molecule is c1ccc(C2(c3ccccc3)c3ccc(-c4cccc(-c5cc(-c6nc7ccccc7o6)cc(-c6nc7ccccc7o6)c5)c4)cc3-c3cc4ccccc4cc32)cc1. The molecule has 12 rings (SSSR count). The first-order chi connectivity index (χ1) is 29.2. The molecular formula is C55H34N2O2. The predicted octanol–water partition coefficient (Wildman–Crippen LogP) is 14.2. The first-order valence-corrected chi connectivity index (χ1v) is 20.0. The van der Waals surface area contributed by atoms with Crippen LogP contribution in [0.2, 0.25) is 0 Å². The Morgan fingerprint density at radius 3 is 1.41 bits per heavy atom. The van der Waals surface area contributed by atoms with E-state index in [4.69, 9.17) is 18.8 Å². The summed E-state index contributed by atoms with van der Waals surface area (Å²) in [5, 5.41) is 2.47. The predicted molar refractivity (Wildman–Crippen MR) is 238 cm³/mol. The van der Waals surface area contributed by atoms with E-state index in [2.05, 4.69) is 158 Å². The van der Waals surface area contributed by atoms with E-state index < -0.39 is 5.41 Å². The third-order valence-electron chi connectivity index (χ3n) is 12.0. The van der Waals surface area contributed by atoms with E-state index in [-0.39, 0.29) is 0 Å². The lowest BCUT2D eigenvalue weighted by molar-refractivity contribution is 0.617. The minimum absolute atomic E-state index is 0.482. The highest BCUT2D eigenvalue weighted by Crippen LogP contribution is 2.57. The molecule has 0 fully saturated rings. The van der Waals surface area contributed by atoms with Crippen molar-refractivity contribution in [2.24, 2.45) is 0 Å². The molecule has 2 heterocycles. The number of hydrogen-bond donors (Lipinski definition) is 0. The second kappa shape index (κ2) is 13.1. The largest absolute Gasteiger partial charge is 0.436 e. The van der Waals surface area contributed by atoms with Crippen molar-refractivity contribution in [1.82, 2.24) is 9.97 Å². The fourth-order valence-corrected chi connectivity index (χ4v) is 9.27. The molecule has 276 valence electrons. The topological polar surface area (TPSA) is 52.1 Å². The number of fused-ring (bicyclic) bond motifs is 6. The van der Waals surface area contributed by atoms with Gasteiger partial charge >= 0.3 is 0 Å². The number of oxazole rings is 2. The maximum Gasteiger partial charge on any atom is 0.227 e. The van der Waals surface area contributed by atoms with Crippen molar-refractivity contribution in [3.05, 3.63) is 229 Å². The van der Waals surface area contributed by atoms with Crippen molar-refractivity contribution in [1.29, 1.82) is 0 Å². The molecule has 2 aromatic heterocycles. The van der Waals surface area contributed by atoms with Gasteiger partial charge in [-0.2, -0.15) is 0 Å². The summed E-state index contributed by atoms with van der Waals surface area (Å²) in [5.41, 5.74) is 16.3. The first-order valence-electron chi connectivity index (χ1n) is 20.0. The molecule has 0 atom stereocenters. The van der Waals surface area contributed by atoms with Crippen molar-refractivity contribution in [2.45, 2.75) is 5.41 Å². The molecular weight excluding hydrogens is 721 g/mol. The van der Waals surface area contributed by atoms with E-state index in [1.165, 1.54) is 44.2 Å². The molecule has 4 heteroatoms. The molecule has 0 saturated heterocycles. The van der Waals surface area contributed by atoms with E-state index in [1.54, 1.807) is 0 Å². The molecule has 0 aliphatic heterocycles. The Morgan fingerprint density at radius 1 is 0.322 bits per heavy atom. The monoisotopic (exact) mass is 754 g/mol. The lowest BCUT2D eigenvalue weighted by Crippen LogP contribution is -2.28. The molecule has 0 amide bonds. The molecule has 1 aliphatic carbocycles. The molecule has 0 unspecified atom stereocenters. The Bertz CT molecular complexity index is 3200. The van der Waals surface area contributed by atoms with Gasteiger partial charge in [0.25, 0.3) is 0 Å². The van der Waals surface area contributed by atoms with Crippen LogP contribution in [-0.2, 0) is 5.41 Å². The van der Waals surface area contributed by atoms with Gasteiger partial charge in [-0.05, 0) is 133 Å². The van der Waals surface area contributed by atoms with Crippen LogP contribution in [0.15, 0.2) is 215 Å². The summed E-state index contributed by atoms with van der Waals surface area (Å²) in [6, 6.07) is 73.4. The molecule has 9 aromatic carbocycles. The van der Waals surface area contributed by atoms with Crippen molar-refractivity contribution in [2.75, 3.05) is 0 Å². The third-order valence-corrected chi connectivity index (χ3v) is 12.0. The normalized spacial score (nSPS) is 12.9. The lowest BCUT2D eigenvalue weighted by atomic mass is 9.67. The fraction of sp³-hybridized carbons (Fsp3) is 0.0182. The van der Waals surface area contributed by atoms with Gasteiger partial charge in [-0.3, -0.25) is 0 Å². The highest BCUT2D eigenvalue weighted by Gasteiger charge is 2.46. The summed E-state index contributed by atoms with van der Waals surface area (Å²) in [5.74, 6) is 1.10. The van der Waals surface area contributed by atoms with Crippen LogP contribution in [0.5, 0.6) is 0 Å². The van der Waals surface area contributed by atoms with Gasteiger partial charge in [-0.1, -0.05) is 140 Å². The van der Waals surface area contributed by atoms with Crippen LogP contribution in [0.1, 0.15) is 22.3 Å². The van der Waals surface area contributed by atoms with E-state index in [0.717, 1.165) is 55.6 Å². The summed E-state index contributed by atoms with van der Waals surface area (Å²) in [6.45, 7) is 0. The Hall–Kier alpha value is -7.82. The molecule has 0 radical (unpaired) electrons. The van der Waals surface area contributed by atoms with Gasteiger partial charge in [-0.15, -0.1) is 0 Å². The summed E-state index contributed by atoms with van der Waals surface area (Å²) in [6.07, 6.45) is 0. The van der Waals surface area contributed by atoms with E-state index in [9.17, 15) is 0 Å². The van der Waals surface area contributed by atoms with E-state index >= 15 is 0 Å². The molecule has 4 nitrogen and oxygen atoms in total. The molecule has 11 aromatic rings. The molecule has 59 heavy (non-hydrogen) atoms. The summed E-state index contributed by atoms with van der Waals surface area (Å²) in [7, 11) is 0. The third kappa shape index (κ3) is 5.30. The van der Waals surface area contributed by atoms with Crippen molar-refractivity contribution < 1.29 is 8.83 Å². The zero-order valence-corrected chi connectivity index (χ0v) is 31.8. The van der Waals surface area contributed by atoms with Gasteiger partial charge in [0.1, 0.15) is 11.0 Å². The minimum atomic E-state index is -0.482. The Morgan fingerprint density at radius 2 is 0.797 bits per heavy atom. The standard InChI is InChI=1S/C55H34N2O2/c1-3-18-43(19-4-1)55(44-20-5-2-6-21-44)47-27-26-39(33-45(47)46-32-37-14-7-8-15-38(37)34-48(46)55)35-16-13-17-36(28-35)40-29-41(53-56-49-22-9-11-24-51(49)58-53)31-42(30-40)54-57-50-23-10-12-25-52(50)59-54/h1-34H. The van der Waals surface area contributed by atoms with Gasteiger partial charge in [-0.25, -0.2) is 9.97 Å².